The number of nitrogens with one attached hydrogen (secondary N) is 1. The van der Waals surface area contributed by atoms with Gasteiger partial charge in [-0.15, -0.1) is 0 Å². The SMILES string of the molecule is CCNC(=NCCc1c(C)nn(C)c1C)N(C)Cc1ccccc1OC. The molecule has 1 aromatic carbocycles. The Morgan fingerprint density at radius 3 is 2.65 bits per heavy atom. The number of aromatic nitrogens is 2. The van der Waals surface area contributed by atoms with E-state index in [4.69, 9.17) is 9.73 Å². The maximum atomic E-state index is 5.46. The van der Waals surface area contributed by atoms with E-state index >= 15 is 0 Å². The van der Waals surface area contributed by atoms with Crippen LogP contribution < -0.4 is 10.1 Å². The van der Waals surface area contributed by atoms with E-state index in [0.29, 0.717) is 0 Å². The van der Waals surface area contributed by atoms with Gasteiger partial charge >= 0.3 is 0 Å². The van der Waals surface area contributed by atoms with Gasteiger partial charge in [-0.2, -0.15) is 5.10 Å². The fraction of sp³-hybridized carbons (Fsp3) is 0.500. The topological polar surface area (TPSA) is 54.7 Å². The van der Waals surface area contributed by atoms with Gasteiger partial charge in [0, 0.05) is 45.0 Å². The number of aliphatic imine (C=N–C) groups is 1. The van der Waals surface area contributed by atoms with E-state index in [9.17, 15) is 0 Å². The van der Waals surface area contributed by atoms with Crippen molar-refractivity contribution in [3.63, 3.8) is 0 Å². The fourth-order valence-corrected chi connectivity index (χ4v) is 3.09. The highest BCUT2D eigenvalue weighted by atomic mass is 16.5. The van der Waals surface area contributed by atoms with Crippen LogP contribution >= 0.6 is 0 Å². The monoisotopic (exact) mass is 357 g/mol. The molecule has 0 aliphatic heterocycles. The molecule has 142 valence electrons. The molecule has 0 bridgehead atoms. The van der Waals surface area contributed by atoms with E-state index in [2.05, 4.69) is 49.2 Å². The van der Waals surface area contributed by atoms with Crippen LogP contribution in [0, 0.1) is 13.8 Å². The van der Waals surface area contributed by atoms with Crippen molar-refractivity contribution in [2.24, 2.45) is 12.0 Å². The predicted molar refractivity (Wildman–Crippen MR) is 107 cm³/mol. The van der Waals surface area contributed by atoms with Crippen LogP contribution in [0.25, 0.3) is 0 Å². The molecule has 6 nitrogen and oxygen atoms in total. The van der Waals surface area contributed by atoms with Crippen LogP contribution in [0.3, 0.4) is 0 Å². The third-order valence-electron chi connectivity index (χ3n) is 4.58. The van der Waals surface area contributed by atoms with Gasteiger partial charge in [0.15, 0.2) is 5.96 Å². The molecule has 1 aromatic heterocycles. The molecule has 0 aliphatic carbocycles. The number of guanidine groups is 1. The minimum Gasteiger partial charge on any atom is -0.496 e. The normalized spacial score (nSPS) is 11.5. The highest BCUT2D eigenvalue weighted by molar-refractivity contribution is 5.79. The van der Waals surface area contributed by atoms with Gasteiger partial charge in [0.25, 0.3) is 0 Å². The zero-order chi connectivity index (χ0) is 19.1. The van der Waals surface area contributed by atoms with E-state index in [0.717, 1.165) is 49.0 Å². The number of rotatable bonds is 7. The number of benzene rings is 1. The molecule has 0 radical (unpaired) electrons. The highest BCUT2D eigenvalue weighted by Gasteiger charge is 2.11. The van der Waals surface area contributed by atoms with E-state index in [1.54, 1.807) is 7.11 Å². The van der Waals surface area contributed by atoms with Crippen LogP contribution in [-0.4, -0.2) is 47.9 Å². The summed E-state index contributed by atoms with van der Waals surface area (Å²) in [5.41, 5.74) is 4.74. The standard InChI is InChI=1S/C20H31N5O/c1-7-21-20(22-13-12-18-15(2)23-25(5)16(18)3)24(4)14-17-10-8-9-11-19(17)26-6/h8-11H,7,12-14H2,1-6H3,(H,21,22). The van der Waals surface area contributed by atoms with Crippen LogP contribution in [0.4, 0.5) is 0 Å². The molecule has 1 N–H and O–H groups in total. The number of aryl methyl sites for hydroxylation is 2. The maximum absolute atomic E-state index is 5.46. The largest absolute Gasteiger partial charge is 0.496 e. The van der Waals surface area contributed by atoms with Crippen molar-refractivity contribution < 1.29 is 4.74 Å². The van der Waals surface area contributed by atoms with Crippen molar-refractivity contribution in [1.82, 2.24) is 20.0 Å². The summed E-state index contributed by atoms with van der Waals surface area (Å²) >= 11 is 0. The predicted octanol–water partition coefficient (Wildman–Crippen LogP) is 2.69. The lowest BCUT2D eigenvalue weighted by Gasteiger charge is -2.23. The number of nitrogens with zero attached hydrogens (tertiary/aromatic N) is 4. The van der Waals surface area contributed by atoms with Crippen LogP contribution in [0.5, 0.6) is 5.75 Å². The first kappa shape index (κ1) is 19.8. The Kier molecular flexibility index (Phi) is 7.06. The Labute approximate surface area is 156 Å². The molecule has 26 heavy (non-hydrogen) atoms. The van der Waals surface area contributed by atoms with Gasteiger partial charge in [-0.25, -0.2) is 0 Å². The van der Waals surface area contributed by atoms with Gasteiger partial charge < -0.3 is 15.0 Å². The zero-order valence-corrected chi connectivity index (χ0v) is 16.8. The van der Waals surface area contributed by atoms with Gasteiger partial charge in [-0.05, 0) is 38.8 Å². The van der Waals surface area contributed by atoms with Crippen molar-refractivity contribution in [2.45, 2.75) is 33.7 Å². The van der Waals surface area contributed by atoms with Crippen LogP contribution in [-0.2, 0) is 20.0 Å². The Morgan fingerprint density at radius 1 is 1.31 bits per heavy atom. The lowest BCUT2D eigenvalue weighted by atomic mass is 10.1. The molecule has 2 rings (SSSR count). The third kappa shape index (κ3) is 4.77. The summed E-state index contributed by atoms with van der Waals surface area (Å²) in [7, 11) is 5.74. The van der Waals surface area contributed by atoms with Crippen molar-refractivity contribution in [2.75, 3.05) is 27.2 Å². The zero-order valence-electron chi connectivity index (χ0n) is 16.8. The lowest BCUT2D eigenvalue weighted by Crippen LogP contribution is -2.38. The summed E-state index contributed by atoms with van der Waals surface area (Å²) in [5.74, 6) is 1.80. The van der Waals surface area contributed by atoms with Gasteiger partial charge in [-0.1, -0.05) is 18.2 Å². The number of hydrogen-bond acceptors (Lipinski definition) is 3. The molecule has 0 atom stereocenters. The minimum atomic E-state index is 0.728. The molecule has 0 saturated carbocycles. The highest BCUT2D eigenvalue weighted by Crippen LogP contribution is 2.19. The average molecular weight is 358 g/mol. The summed E-state index contributed by atoms with van der Waals surface area (Å²) in [6.07, 6.45) is 0.892. The maximum Gasteiger partial charge on any atom is 0.193 e. The first-order valence-electron chi connectivity index (χ1n) is 9.08. The average Bonchev–Trinajstić information content (AvgIpc) is 2.87. The Bertz CT molecular complexity index is 751. The molecule has 1 heterocycles. The Hall–Kier alpha value is -2.50. The smallest absolute Gasteiger partial charge is 0.193 e. The molecule has 0 saturated heterocycles. The number of hydrogen-bond donors (Lipinski definition) is 1. The first-order valence-corrected chi connectivity index (χ1v) is 9.08. The number of para-hydroxylation sites is 1. The second-order valence-corrected chi connectivity index (χ2v) is 6.43. The summed E-state index contributed by atoms with van der Waals surface area (Å²) in [6, 6.07) is 8.09. The van der Waals surface area contributed by atoms with E-state index < -0.39 is 0 Å². The molecular weight excluding hydrogens is 326 g/mol. The van der Waals surface area contributed by atoms with E-state index in [1.165, 1.54) is 11.3 Å². The first-order chi connectivity index (χ1) is 12.5. The van der Waals surface area contributed by atoms with Crippen molar-refractivity contribution >= 4 is 5.96 Å². The van der Waals surface area contributed by atoms with Crippen molar-refractivity contribution in [3.8, 4) is 5.75 Å². The Morgan fingerprint density at radius 2 is 2.04 bits per heavy atom. The van der Waals surface area contributed by atoms with Gasteiger partial charge in [0.1, 0.15) is 5.75 Å². The van der Waals surface area contributed by atoms with Crippen molar-refractivity contribution in [3.05, 3.63) is 46.8 Å². The van der Waals surface area contributed by atoms with Crippen molar-refractivity contribution in [1.29, 1.82) is 0 Å². The molecule has 0 amide bonds. The summed E-state index contributed by atoms with van der Waals surface area (Å²) < 4.78 is 7.40. The second kappa shape index (κ2) is 9.27. The van der Waals surface area contributed by atoms with Crippen LogP contribution in [0.15, 0.2) is 29.3 Å². The second-order valence-electron chi connectivity index (χ2n) is 6.43. The molecule has 0 aliphatic rings. The molecule has 0 unspecified atom stereocenters. The molecule has 2 aromatic rings. The Balaban J connectivity index is 2.07. The number of ether oxygens (including phenoxy) is 1. The molecule has 6 heteroatoms. The lowest BCUT2D eigenvalue weighted by molar-refractivity contribution is 0.396. The van der Waals surface area contributed by atoms with E-state index in [-0.39, 0.29) is 0 Å². The third-order valence-corrected chi connectivity index (χ3v) is 4.58. The molecule has 0 spiro atoms. The van der Waals surface area contributed by atoms with Gasteiger partial charge in [0.05, 0.1) is 12.8 Å². The number of methoxy groups -OCH3 is 1. The summed E-state index contributed by atoms with van der Waals surface area (Å²) in [4.78, 5) is 6.93. The van der Waals surface area contributed by atoms with Gasteiger partial charge in [0.2, 0.25) is 0 Å². The summed E-state index contributed by atoms with van der Waals surface area (Å²) in [5, 5.41) is 7.86. The summed E-state index contributed by atoms with van der Waals surface area (Å²) in [6.45, 7) is 8.55. The fourth-order valence-electron chi connectivity index (χ4n) is 3.09. The quantitative estimate of drug-likeness (QED) is 0.611. The van der Waals surface area contributed by atoms with E-state index in [1.807, 2.05) is 29.9 Å². The van der Waals surface area contributed by atoms with Crippen LogP contribution in [0.1, 0.15) is 29.4 Å². The minimum absolute atomic E-state index is 0.728. The molecular formula is C20H31N5O. The van der Waals surface area contributed by atoms with Gasteiger partial charge in [-0.3, -0.25) is 9.67 Å². The molecule has 0 fully saturated rings. The van der Waals surface area contributed by atoms with Crippen LogP contribution in [0.2, 0.25) is 0 Å².